The molecular weight excluding hydrogens is 381 g/mol. The van der Waals surface area contributed by atoms with E-state index in [1.807, 2.05) is 31.2 Å². The Morgan fingerprint density at radius 3 is 2.50 bits per heavy atom. The molecule has 4 heterocycles. The first kappa shape index (κ1) is 18.4. The summed E-state index contributed by atoms with van der Waals surface area (Å²) in [6, 6.07) is 12.2. The van der Waals surface area contributed by atoms with Crippen molar-refractivity contribution in [3.63, 3.8) is 0 Å². The number of pyridine rings is 1. The van der Waals surface area contributed by atoms with Crippen LogP contribution in [0.5, 0.6) is 0 Å². The molecule has 1 aromatic carbocycles. The fourth-order valence-corrected chi connectivity index (χ4v) is 3.76. The highest BCUT2D eigenvalue weighted by molar-refractivity contribution is 5.88. The Hall–Kier alpha value is -3.68. The lowest BCUT2D eigenvalue weighted by Crippen LogP contribution is -2.47. The highest BCUT2D eigenvalue weighted by atomic mass is 19.1. The molecule has 1 aliphatic rings. The molecular formula is C22H20FN7. The number of aromatic nitrogens is 5. The zero-order valence-corrected chi connectivity index (χ0v) is 16.5. The van der Waals surface area contributed by atoms with Crippen LogP contribution in [0.2, 0.25) is 0 Å². The van der Waals surface area contributed by atoms with Gasteiger partial charge in [0.05, 0.1) is 17.4 Å². The third kappa shape index (κ3) is 3.52. The summed E-state index contributed by atoms with van der Waals surface area (Å²) in [5.74, 6) is 2.24. The van der Waals surface area contributed by atoms with Gasteiger partial charge < -0.3 is 9.80 Å². The Bertz CT molecular complexity index is 1190. The summed E-state index contributed by atoms with van der Waals surface area (Å²) in [6.07, 6.45) is 3.55. The molecule has 1 fully saturated rings. The average Bonchev–Trinajstić information content (AvgIpc) is 2.79. The number of piperazine rings is 1. The van der Waals surface area contributed by atoms with Gasteiger partial charge >= 0.3 is 0 Å². The molecule has 0 spiro atoms. The fourth-order valence-electron chi connectivity index (χ4n) is 3.76. The van der Waals surface area contributed by atoms with Gasteiger partial charge in [-0.15, -0.1) is 10.2 Å². The Kier molecular flexibility index (Phi) is 4.66. The lowest BCUT2D eigenvalue weighted by molar-refractivity contribution is 0.628. The molecule has 0 aliphatic carbocycles. The van der Waals surface area contributed by atoms with Crippen molar-refractivity contribution < 1.29 is 4.39 Å². The number of aryl methyl sites for hydroxylation is 1. The molecule has 0 unspecified atom stereocenters. The molecule has 150 valence electrons. The predicted octanol–water partition coefficient (Wildman–Crippen LogP) is 3.26. The van der Waals surface area contributed by atoms with E-state index < -0.39 is 0 Å². The van der Waals surface area contributed by atoms with Gasteiger partial charge in [0, 0.05) is 43.3 Å². The smallest absolute Gasteiger partial charge is 0.151 e. The maximum Gasteiger partial charge on any atom is 0.151 e. The van der Waals surface area contributed by atoms with E-state index in [-0.39, 0.29) is 5.82 Å². The first-order valence-corrected chi connectivity index (χ1v) is 9.85. The van der Waals surface area contributed by atoms with Crippen molar-refractivity contribution in [2.45, 2.75) is 6.92 Å². The Balaban J connectivity index is 1.32. The molecule has 0 saturated carbocycles. The summed E-state index contributed by atoms with van der Waals surface area (Å²) in [4.78, 5) is 17.8. The van der Waals surface area contributed by atoms with Gasteiger partial charge in [-0.1, -0.05) is 12.1 Å². The lowest BCUT2D eigenvalue weighted by Gasteiger charge is -2.36. The summed E-state index contributed by atoms with van der Waals surface area (Å²) in [6.45, 7) is 5.16. The van der Waals surface area contributed by atoms with Gasteiger partial charge in [0.2, 0.25) is 0 Å². The maximum atomic E-state index is 13.4. The molecule has 0 amide bonds. The van der Waals surface area contributed by atoms with Gasteiger partial charge in [0.25, 0.3) is 0 Å². The molecule has 0 bridgehead atoms. The van der Waals surface area contributed by atoms with Crippen molar-refractivity contribution in [2.75, 3.05) is 36.0 Å². The van der Waals surface area contributed by atoms with E-state index in [1.54, 1.807) is 18.5 Å². The van der Waals surface area contributed by atoms with Crippen LogP contribution in [0.15, 0.2) is 54.9 Å². The Morgan fingerprint density at radius 1 is 0.900 bits per heavy atom. The van der Waals surface area contributed by atoms with E-state index >= 15 is 0 Å². The van der Waals surface area contributed by atoms with Crippen molar-refractivity contribution in [1.29, 1.82) is 0 Å². The quantitative estimate of drug-likeness (QED) is 0.522. The third-order valence-corrected chi connectivity index (χ3v) is 5.26. The maximum absolute atomic E-state index is 13.4. The zero-order chi connectivity index (χ0) is 20.5. The fraction of sp³-hybridized carbons (Fsp3) is 0.227. The molecule has 1 saturated heterocycles. The number of nitrogens with zero attached hydrogens (tertiary/aromatic N) is 7. The molecule has 4 aromatic rings. The van der Waals surface area contributed by atoms with Crippen LogP contribution in [0.25, 0.3) is 22.2 Å². The van der Waals surface area contributed by atoms with Crippen LogP contribution < -0.4 is 9.80 Å². The summed E-state index contributed by atoms with van der Waals surface area (Å²) < 4.78 is 13.4. The largest absolute Gasteiger partial charge is 0.352 e. The monoisotopic (exact) mass is 401 g/mol. The van der Waals surface area contributed by atoms with Crippen LogP contribution in [0.1, 0.15) is 5.82 Å². The topological polar surface area (TPSA) is 70.9 Å². The number of rotatable bonds is 3. The van der Waals surface area contributed by atoms with Crippen LogP contribution in [-0.4, -0.2) is 51.3 Å². The average molecular weight is 401 g/mol. The molecule has 1 aliphatic heterocycles. The van der Waals surface area contributed by atoms with E-state index in [0.29, 0.717) is 5.69 Å². The summed E-state index contributed by atoms with van der Waals surface area (Å²) in [5, 5.41) is 9.68. The van der Waals surface area contributed by atoms with Gasteiger partial charge in [-0.3, -0.25) is 4.98 Å². The minimum Gasteiger partial charge on any atom is -0.352 e. The molecule has 30 heavy (non-hydrogen) atoms. The van der Waals surface area contributed by atoms with Crippen LogP contribution in [0.3, 0.4) is 0 Å². The van der Waals surface area contributed by atoms with Crippen LogP contribution in [-0.2, 0) is 0 Å². The van der Waals surface area contributed by atoms with E-state index in [9.17, 15) is 4.39 Å². The van der Waals surface area contributed by atoms with E-state index in [0.717, 1.165) is 60.1 Å². The van der Waals surface area contributed by atoms with Crippen molar-refractivity contribution >= 4 is 22.5 Å². The standard InChI is InChI=1S/C22H20FN7/c1-15-25-20-14-24-8-7-18(20)22(26-15)30-11-9-29(10-12-30)21-6-5-19(27-28-21)16-3-2-4-17(23)13-16/h2-8,13-14H,9-12H2,1H3. The van der Waals surface area contributed by atoms with E-state index in [4.69, 9.17) is 0 Å². The van der Waals surface area contributed by atoms with E-state index in [1.165, 1.54) is 12.1 Å². The molecule has 7 nitrogen and oxygen atoms in total. The normalized spacial score (nSPS) is 14.3. The van der Waals surface area contributed by atoms with Gasteiger partial charge in [-0.05, 0) is 37.3 Å². The minimum atomic E-state index is -0.280. The minimum absolute atomic E-state index is 0.280. The van der Waals surface area contributed by atoms with Crippen molar-refractivity contribution in [2.24, 2.45) is 0 Å². The molecule has 0 atom stereocenters. The highest BCUT2D eigenvalue weighted by Gasteiger charge is 2.21. The summed E-state index contributed by atoms with van der Waals surface area (Å²) >= 11 is 0. The zero-order valence-electron chi connectivity index (χ0n) is 16.5. The van der Waals surface area contributed by atoms with Crippen molar-refractivity contribution in [3.05, 3.63) is 66.5 Å². The number of fused-ring (bicyclic) bond motifs is 1. The van der Waals surface area contributed by atoms with Gasteiger partial charge in [0.1, 0.15) is 17.5 Å². The van der Waals surface area contributed by atoms with Gasteiger partial charge in [-0.25, -0.2) is 14.4 Å². The molecule has 8 heteroatoms. The van der Waals surface area contributed by atoms with E-state index in [2.05, 4.69) is 34.9 Å². The third-order valence-electron chi connectivity index (χ3n) is 5.26. The molecule has 5 rings (SSSR count). The Morgan fingerprint density at radius 2 is 1.73 bits per heavy atom. The number of benzene rings is 1. The van der Waals surface area contributed by atoms with Gasteiger partial charge in [-0.2, -0.15) is 0 Å². The first-order chi connectivity index (χ1) is 14.7. The summed E-state index contributed by atoms with van der Waals surface area (Å²) in [5.41, 5.74) is 2.24. The predicted molar refractivity (Wildman–Crippen MR) is 114 cm³/mol. The second kappa shape index (κ2) is 7.62. The highest BCUT2D eigenvalue weighted by Crippen LogP contribution is 2.25. The van der Waals surface area contributed by atoms with Crippen molar-refractivity contribution in [3.8, 4) is 11.3 Å². The van der Waals surface area contributed by atoms with Crippen molar-refractivity contribution in [1.82, 2.24) is 25.1 Å². The Labute approximate surface area is 173 Å². The van der Waals surface area contributed by atoms with Crippen LogP contribution in [0.4, 0.5) is 16.0 Å². The molecule has 0 N–H and O–H groups in total. The molecule has 0 radical (unpaired) electrons. The number of halogens is 1. The van der Waals surface area contributed by atoms with Crippen LogP contribution in [0, 0.1) is 12.7 Å². The molecule has 3 aromatic heterocycles. The number of hydrogen-bond acceptors (Lipinski definition) is 7. The second-order valence-corrected chi connectivity index (χ2v) is 7.25. The SMILES string of the molecule is Cc1nc(N2CCN(c3ccc(-c4cccc(F)c4)nn3)CC2)c2ccncc2n1. The lowest BCUT2D eigenvalue weighted by atomic mass is 10.1. The number of hydrogen-bond donors (Lipinski definition) is 0. The number of anilines is 2. The second-order valence-electron chi connectivity index (χ2n) is 7.25. The summed E-state index contributed by atoms with van der Waals surface area (Å²) in [7, 11) is 0. The van der Waals surface area contributed by atoms with Gasteiger partial charge in [0.15, 0.2) is 5.82 Å². The first-order valence-electron chi connectivity index (χ1n) is 9.85. The van der Waals surface area contributed by atoms with Crippen LogP contribution >= 0.6 is 0 Å².